The Bertz CT molecular complexity index is 1320. The van der Waals surface area contributed by atoms with Gasteiger partial charge in [-0.1, -0.05) is 6.07 Å². The van der Waals surface area contributed by atoms with Gasteiger partial charge in [-0.05, 0) is 24.6 Å². The molecule has 2 aromatic rings. The largest absolute Gasteiger partial charge is 0.507 e. The molecule has 0 amide bonds. The molecule has 0 spiro atoms. The van der Waals surface area contributed by atoms with E-state index in [4.69, 9.17) is 28.4 Å². The summed E-state index contributed by atoms with van der Waals surface area (Å²) in [5, 5.41) is 82.2. The van der Waals surface area contributed by atoms with Crippen LogP contribution in [0.2, 0.25) is 0 Å². The Labute approximate surface area is 245 Å². The molecule has 2 aromatic carbocycles. The summed E-state index contributed by atoms with van der Waals surface area (Å²) in [4.78, 5) is 12.9. The monoisotopic (exact) mass is 610 g/mol. The highest BCUT2D eigenvalue weighted by Gasteiger charge is 2.47. The molecule has 0 aliphatic carbocycles. The average molecular weight is 611 g/mol. The number of fused-ring (bicyclic) bond motifs is 1. The van der Waals surface area contributed by atoms with E-state index in [2.05, 4.69) is 0 Å². The lowest BCUT2D eigenvalue weighted by Gasteiger charge is -2.42. The van der Waals surface area contributed by atoms with Gasteiger partial charge in [-0.15, -0.1) is 0 Å². The van der Waals surface area contributed by atoms with Crippen LogP contribution >= 0.6 is 0 Å². The van der Waals surface area contributed by atoms with Gasteiger partial charge in [0.2, 0.25) is 6.29 Å². The van der Waals surface area contributed by atoms with Crippen molar-refractivity contribution in [3.05, 3.63) is 41.5 Å². The van der Waals surface area contributed by atoms with Crippen LogP contribution in [-0.4, -0.2) is 122 Å². The summed E-state index contributed by atoms with van der Waals surface area (Å²) in [6, 6.07) is 6.90. The zero-order valence-corrected chi connectivity index (χ0v) is 23.1. The zero-order chi connectivity index (χ0) is 31.2. The maximum absolute atomic E-state index is 12.9. The molecule has 236 valence electrons. The third-order valence-electron chi connectivity index (χ3n) is 7.70. The van der Waals surface area contributed by atoms with Crippen LogP contribution in [-0.2, 0) is 14.2 Å². The number of aliphatic hydroxyl groups is 6. The fourth-order valence-corrected chi connectivity index (χ4v) is 5.20. The Morgan fingerprint density at radius 2 is 1.53 bits per heavy atom. The number of ether oxygens (including phenoxy) is 6. The molecule has 43 heavy (non-hydrogen) atoms. The minimum atomic E-state index is -1.77. The lowest BCUT2D eigenvalue weighted by atomic mass is 9.95. The Morgan fingerprint density at radius 3 is 2.23 bits per heavy atom. The van der Waals surface area contributed by atoms with Gasteiger partial charge < -0.3 is 69.3 Å². The van der Waals surface area contributed by atoms with Gasteiger partial charge in [0, 0.05) is 12.1 Å². The molecular weight excluding hydrogens is 576 g/mol. The van der Waals surface area contributed by atoms with Crippen molar-refractivity contribution in [3.63, 3.8) is 0 Å². The SMILES string of the molecule is COc1ccc(C2CC(=O)c3c(O)cc(O[C@@H]4OC(CO[C@@H]5OC(C)[C@H](O)C(O)[C@@H]5O)[C@@H](O)C(O)[C@@H]4O)cc3O2)cc1O. The fourth-order valence-electron chi connectivity index (χ4n) is 5.20. The van der Waals surface area contributed by atoms with Gasteiger partial charge in [-0.2, -0.15) is 0 Å². The molecule has 5 rings (SSSR count). The van der Waals surface area contributed by atoms with E-state index in [9.17, 15) is 45.6 Å². The lowest BCUT2D eigenvalue weighted by molar-refractivity contribution is -0.318. The van der Waals surface area contributed by atoms with E-state index in [0.29, 0.717) is 5.56 Å². The molecule has 3 aliphatic rings. The molecule has 3 heterocycles. The van der Waals surface area contributed by atoms with Crippen molar-refractivity contribution in [1.29, 1.82) is 0 Å². The van der Waals surface area contributed by atoms with Crippen molar-refractivity contribution in [2.75, 3.05) is 13.7 Å². The minimum absolute atomic E-state index is 0.0457. The number of ketones is 1. The van der Waals surface area contributed by atoms with E-state index in [1.54, 1.807) is 6.07 Å². The molecule has 2 saturated heterocycles. The second-order valence-electron chi connectivity index (χ2n) is 10.6. The maximum atomic E-state index is 12.9. The predicted molar refractivity (Wildman–Crippen MR) is 141 cm³/mol. The molecule has 0 aromatic heterocycles. The Hall–Kier alpha value is -3.25. The summed E-state index contributed by atoms with van der Waals surface area (Å²) in [6.45, 7) is 0.964. The van der Waals surface area contributed by atoms with Crippen LogP contribution < -0.4 is 14.2 Å². The number of hydrogen-bond acceptors (Lipinski definition) is 15. The summed E-state index contributed by atoms with van der Waals surface area (Å²) < 4.78 is 33.1. The first-order valence-corrected chi connectivity index (χ1v) is 13.5. The molecule has 2 fully saturated rings. The number of carbonyl (C=O) groups excluding carboxylic acids is 1. The van der Waals surface area contributed by atoms with Crippen LogP contribution in [0.3, 0.4) is 0 Å². The Morgan fingerprint density at radius 1 is 0.837 bits per heavy atom. The number of aliphatic hydroxyl groups excluding tert-OH is 6. The highest BCUT2D eigenvalue weighted by Crippen LogP contribution is 2.43. The highest BCUT2D eigenvalue weighted by molar-refractivity contribution is 6.02. The normalized spacial score (nSPS) is 36.0. The number of phenolic OH excluding ortho intramolecular Hbond substituents is 2. The standard InChI is InChI=1S/C28H34O15/c1-10-21(32)23(34)25(36)27(40-10)39-9-19-22(33)24(35)26(37)28(43-19)41-12-6-14(30)20-15(31)8-17(42-18(20)7-12)11-3-4-16(38-2)13(29)5-11/h3-7,10,17,19,21-30,32-37H,8-9H2,1-2H3/t10?,17?,19?,21-,22+,23?,24?,25-,26-,27+,28+/m0/s1. The molecule has 5 unspecified atom stereocenters. The number of hydrogen-bond donors (Lipinski definition) is 8. The van der Waals surface area contributed by atoms with Gasteiger partial charge >= 0.3 is 0 Å². The lowest BCUT2D eigenvalue weighted by Crippen LogP contribution is -2.61. The fraction of sp³-hybridized carbons (Fsp3) is 0.536. The molecule has 8 N–H and O–H groups in total. The van der Waals surface area contributed by atoms with E-state index in [1.165, 1.54) is 32.2 Å². The number of phenols is 2. The minimum Gasteiger partial charge on any atom is -0.507 e. The topological polar surface area (TPSA) is 234 Å². The molecule has 15 heteroatoms. The number of aromatic hydroxyl groups is 2. The van der Waals surface area contributed by atoms with Crippen molar-refractivity contribution >= 4 is 5.78 Å². The Kier molecular flexibility index (Phi) is 8.99. The van der Waals surface area contributed by atoms with Crippen molar-refractivity contribution in [1.82, 2.24) is 0 Å². The van der Waals surface area contributed by atoms with E-state index in [1.807, 2.05) is 0 Å². The molecule has 3 aliphatic heterocycles. The second kappa shape index (κ2) is 12.4. The average Bonchev–Trinajstić information content (AvgIpc) is 2.97. The van der Waals surface area contributed by atoms with E-state index in [0.717, 1.165) is 6.07 Å². The number of carbonyl (C=O) groups is 1. The van der Waals surface area contributed by atoms with Gasteiger partial charge in [0.05, 0.1) is 26.2 Å². The third-order valence-corrected chi connectivity index (χ3v) is 7.70. The number of methoxy groups -OCH3 is 1. The van der Waals surface area contributed by atoms with E-state index < -0.39 is 85.7 Å². The highest BCUT2D eigenvalue weighted by atomic mass is 16.7. The predicted octanol–water partition coefficient (Wildman–Crippen LogP) is -1.16. The van der Waals surface area contributed by atoms with Crippen molar-refractivity contribution in [2.24, 2.45) is 0 Å². The summed E-state index contributed by atoms with van der Waals surface area (Å²) >= 11 is 0. The maximum Gasteiger partial charge on any atom is 0.229 e. The van der Waals surface area contributed by atoms with Crippen LogP contribution in [0, 0.1) is 0 Å². The first-order chi connectivity index (χ1) is 20.4. The summed E-state index contributed by atoms with van der Waals surface area (Å²) in [5.74, 6) is -0.999. The van der Waals surface area contributed by atoms with Gasteiger partial charge in [0.25, 0.3) is 0 Å². The smallest absolute Gasteiger partial charge is 0.229 e. The summed E-state index contributed by atoms with van der Waals surface area (Å²) in [7, 11) is 1.39. The molecule has 0 bridgehead atoms. The summed E-state index contributed by atoms with van der Waals surface area (Å²) in [6.07, 6.45) is -15.9. The quantitative estimate of drug-likeness (QED) is 0.185. The zero-order valence-electron chi connectivity index (χ0n) is 23.1. The summed E-state index contributed by atoms with van der Waals surface area (Å²) in [5.41, 5.74) is 0.373. The van der Waals surface area contributed by atoms with Gasteiger partial charge in [0.1, 0.15) is 71.6 Å². The van der Waals surface area contributed by atoms with E-state index in [-0.39, 0.29) is 35.0 Å². The van der Waals surface area contributed by atoms with Crippen LogP contribution in [0.1, 0.15) is 35.4 Å². The molecule has 0 saturated carbocycles. The first kappa shape index (κ1) is 31.2. The Balaban J connectivity index is 1.30. The van der Waals surface area contributed by atoms with Gasteiger partial charge in [-0.25, -0.2) is 0 Å². The number of rotatable bonds is 7. The van der Waals surface area contributed by atoms with Crippen LogP contribution in [0.4, 0.5) is 0 Å². The third kappa shape index (κ3) is 6.08. The molecule has 11 atom stereocenters. The molecule has 15 nitrogen and oxygen atoms in total. The van der Waals surface area contributed by atoms with Gasteiger partial charge in [-0.3, -0.25) is 4.79 Å². The first-order valence-electron chi connectivity index (χ1n) is 13.5. The number of benzene rings is 2. The van der Waals surface area contributed by atoms with Crippen LogP contribution in [0.5, 0.6) is 28.7 Å². The molecular formula is C28H34O15. The van der Waals surface area contributed by atoms with Crippen LogP contribution in [0.15, 0.2) is 30.3 Å². The van der Waals surface area contributed by atoms with E-state index >= 15 is 0 Å². The van der Waals surface area contributed by atoms with Gasteiger partial charge in [0.15, 0.2) is 23.6 Å². The van der Waals surface area contributed by atoms with Crippen LogP contribution in [0.25, 0.3) is 0 Å². The second-order valence-corrected chi connectivity index (χ2v) is 10.6. The number of Topliss-reactive ketones (excluding diaryl/α,β-unsaturated/α-hetero) is 1. The molecule has 0 radical (unpaired) electrons. The van der Waals surface area contributed by atoms with Crippen molar-refractivity contribution < 1.29 is 74.1 Å². The van der Waals surface area contributed by atoms with Crippen molar-refractivity contribution in [2.45, 2.75) is 80.9 Å². The van der Waals surface area contributed by atoms with Crippen molar-refractivity contribution in [3.8, 4) is 28.7 Å².